The predicted octanol–water partition coefficient (Wildman–Crippen LogP) is 7.20. The minimum Gasteiger partial charge on any atom is -0.468 e. The van der Waals surface area contributed by atoms with Gasteiger partial charge in [-0.05, 0) is 66.3 Å². The topological polar surface area (TPSA) is 119 Å². The van der Waals surface area contributed by atoms with Gasteiger partial charge in [0.2, 0.25) is 0 Å². The van der Waals surface area contributed by atoms with Crippen LogP contribution in [0.2, 0.25) is 0 Å². The van der Waals surface area contributed by atoms with Crippen molar-refractivity contribution < 1.29 is 37.6 Å². The maximum Gasteiger partial charge on any atom is 0.410 e. The number of rotatable bonds is 10. The summed E-state index contributed by atoms with van der Waals surface area (Å²) in [7, 11) is 1.50. The number of anilines is 1. The van der Waals surface area contributed by atoms with Crippen LogP contribution in [0, 0.1) is 11.6 Å². The molecule has 13 heteroatoms. The second kappa shape index (κ2) is 15.5. The molecule has 2 fully saturated rings. The van der Waals surface area contributed by atoms with E-state index in [1.165, 1.54) is 19.4 Å². The number of pyridine rings is 1. The van der Waals surface area contributed by atoms with Crippen LogP contribution in [0.25, 0.3) is 32.9 Å². The van der Waals surface area contributed by atoms with Gasteiger partial charge in [0.25, 0.3) is 0 Å². The molecule has 0 radical (unpaired) electrons. The molecule has 1 amide bonds. The molecule has 4 heterocycles. The van der Waals surface area contributed by atoms with E-state index in [4.69, 9.17) is 23.9 Å². The standard InChI is InChI=1S/C40H43F2N5O6/c1-4-29-32(41)12-11-26-19-28(52-24-50-3)20-30(33(26)29)35-34(42)36-31(21-43-35)37(47-16-8-15-40(2,49)23-47)45-38(44-36)53-27-13-17-46(18-14-27)39(48)51-22-25-9-6-5-7-10-25/h5-7,9-12,19-21,27,49H,4,8,13-18,22-24H2,1-3H3/t40-/m1/s1. The van der Waals surface area contributed by atoms with E-state index in [0.717, 1.165) is 5.56 Å². The van der Waals surface area contributed by atoms with Crippen molar-refractivity contribution in [2.45, 2.75) is 64.3 Å². The number of hydrogen-bond donors (Lipinski definition) is 1. The van der Waals surface area contributed by atoms with Crippen LogP contribution < -0.4 is 14.4 Å². The third kappa shape index (κ3) is 7.81. The number of β-amino-alcohol motifs (C(OH)–C–C–N with tert-alkyl or cyclic N) is 1. The van der Waals surface area contributed by atoms with Gasteiger partial charge in [0.1, 0.15) is 41.3 Å². The zero-order chi connectivity index (χ0) is 37.1. The van der Waals surface area contributed by atoms with Crippen molar-refractivity contribution in [1.82, 2.24) is 19.9 Å². The zero-order valence-electron chi connectivity index (χ0n) is 30.1. The van der Waals surface area contributed by atoms with Crippen LogP contribution in [0.15, 0.2) is 60.8 Å². The van der Waals surface area contributed by atoms with E-state index in [0.29, 0.717) is 90.6 Å². The summed E-state index contributed by atoms with van der Waals surface area (Å²) in [6.45, 7) is 5.42. The van der Waals surface area contributed by atoms with Gasteiger partial charge in [-0.2, -0.15) is 9.97 Å². The lowest BCUT2D eigenvalue weighted by Crippen LogP contribution is -2.46. The van der Waals surface area contributed by atoms with Crippen molar-refractivity contribution in [2.75, 3.05) is 45.0 Å². The fourth-order valence-electron chi connectivity index (χ4n) is 7.25. The Bertz CT molecular complexity index is 2110. The lowest BCUT2D eigenvalue weighted by molar-refractivity contribution is 0.0444. The number of benzene rings is 3. The Labute approximate surface area is 306 Å². The number of ether oxygens (including phenoxy) is 4. The third-order valence-electron chi connectivity index (χ3n) is 9.89. The largest absolute Gasteiger partial charge is 0.468 e. The van der Waals surface area contributed by atoms with E-state index in [2.05, 4.69) is 9.97 Å². The molecule has 0 bridgehead atoms. The summed E-state index contributed by atoms with van der Waals surface area (Å²) >= 11 is 0. The summed E-state index contributed by atoms with van der Waals surface area (Å²) < 4.78 is 55.0. The van der Waals surface area contributed by atoms with Gasteiger partial charge in [-0.1, -0.05) is 43.3 Å². The van der Waals surface area contributed by atoms with E-state index >= 15 is 8.78 Å². The zero-order valence-corrected chi connectivity index (χ0v) is 30.1. The van der Waals surface area contributed by atoms with Gasteiger partial charge in [-0.15, -0.1) is 0 Å². The highest BCUT2D eigenvalue weighted by atomic mass is 19.1. The molecule has 0 unspecified atom stereocenters. The molecule has 0 spiro atoms. The van der Waals surface area contributed by atoms with Crippen molar-refractivity contribution >= 4 is 33.6 Å². The number of likely N-dealkylation sites (tertiary alicyclic amines) is 1. The first-order chi connectivity index (χ1) is 25.6. The molecule has 53 heavy (non-hydrogen) atoms. The van der Waals surface area contributed by atoms with Gasteiger partial charge >= 0.3 is 12.1 Å². The first kappa shape index (κ1) is 36.2. The van der Waals surface area contributed by atoms with Crippen molar-refractivity contribution in [2.24, 2.45) is 0 Å². The highest BCUT2D eigenvalue weighted by Crippen LogP contribution is 2.40. The molecular weight excluding hydrogens is 684 g/mol. The molecule has 2 saturated heterocycles. The highest BCUT2D eigenvalue weighted by molar-refractivity contribution is 6.01. The van der Waals surface area contributed by atoms with Crippen LogP contribution in [0.3, 0.4) is 0 Å². The summed E-state index contributed by atoms with van der Waals surface area (Å²) in [6.07, 6.45) is 3.45. The lowest BCUT2D eigenvalue weighted by Gasteiger charge is -2.38. The molecular formula is C40H43F2N5O6. The molecule has 278 valence electrons. The number of methoxy groups -OCH3 is 1. The number of hydrogen-bond acceptors (Lipinski definition) is 10. The summed E-state index contributed by atoms with van der Waals surface area (Å²) in [6, 6.07) is 15.9. The van der Waals surface area contributed by atoms with Crippen LogP contribution in [-0.2, 0) is 22.5 Å². The Balaban J connectivity index is 1.24. The van der Waals surface area contributed by atoms with E-state index in [1.54, 1.807) is 30.0 Å². The summed E-state index contributed by atoms with van der Waals surface area (Å²) in [5, 5.41) is 12.5. The minimum atomic E-state index is -0.980. The quantitative estimate of drug-likeness (QED) is 0.148. The smallest absolute Gasteiger partial charge is 0.410 e. The monoisotopic (exact) mass is 727 g/mol. The SMILES string of the molecule is CCc1c(F)ccc2cc(OCOC)cc(-c3ncc4c(N5CCC[C@@](C)(O)C5)nc(OC5CCN(C(=O)OCc6ccccc6)CC5)nc4c3F)c12. The van der Waals surface area contributed by atoms with Gasteiger partial charge < -0.3 is 33.9 Å². The van der Waals surface area contributed by atoms with Crippen molar-refractivity contribution in [3.63, 3.8) is 0 Å². The molecule has 2 aliphatic heterocycles. The summed E-state index contributed by atoms with van der Waals surface area (Å²) in [5.74, 6) is -0.331. The molecule has 2 aromatic heterocycles. The molecule has 5 aromatic rings. The Kier molecular flexibility index (Phi) is 10.6. The lowest BCUT2D eigenvalue weighted by atomic mass is 9.94. The molecule has 7 rings (SSSR count). The molecule has 2 aliphatic rings. The highest BCUT2D eigenvalue weighted by Gasteiger charge is 2.32. The average Bonchev–Trinajstić information content (AvgIpc) is 3.16. The van der Waals surface area contributed by atoms with Crippen molar-refractivity contribution in [3.05, 3.63) is 83.6 Å². The van der Waals surface area contributed by atoms with Gasteiger partial charge in [0.15, 0.2) is 12.6 Å². The molecule has 0 saturated carbocycles. The fraction of sp³-hybridized carbons (Fsp3) is 0.400. The number of aromatic nitrogens is 3. The number of amides is 1. The number of aliphatic hydroxyl groups is 1. The Morgan fingerprint density at radius 1 is 1.06 bits per heavy atom. The van der Waals surface area contributed by atoms with Crippen molar-refractivity contribution in [1.29, 1.82) is 0 Å². The molecule has 1 N–H and O–H groups in total. The van der Waals surface area contributed by atoms with Crippen LogP contribution in [0.5, 0.6) is 11.8 Å². The van der Waals surface area contributed by atoms with Gasteiger partial charge in [-0.25, -0.2) is 13.6 Å². The predicted molar refractivity (Wildman–Crippen MR) is 196 cm³/mol. The van der Waals surface area contributed by atoms with Gasteiger partial charge in [0.05, 0.1) is 11.0 Å². The Hall–Kier alpha value is -5.14. The van der Waals surface area contributed by atoms with Crippen LogP contribution in [0.1, 0.15) is 50.7 Å². The minimum absolute atomic E-state index is 0.0204. The average molecular weight is 728 g/mol. The van der Waals surface area contributed by atoms with Crippen molar-refractivity contribution in [3.8, 4) is 23.0 Å². The van der Waals surface area contributed by atoms with Crippen LogP contribution in [-0.4, -0.2) is 82.8 Å². The number of halogens is 2. The second-order valence-corrected chi connectivity index (χ2v) is 13.9. The van der Waals surface area contributed by atoms with E-state index in [-0.39, 0.29) is 43.3 Å². The molecule has 0 aliphatic carbocycles. The third-order valence-corrected chi connectivity index (χ3v) is 9.89. The second-order valence-electron chi connectivity index (χ2n) is 13.9. The van der Waals surface area contributed by atoms with Crippen LogP contribution >= 0.6 is 0 Å². The first-order valence-electron chi connectivity index (χ1n) is 18.0. The maximum absolute atomic E-state index is 17.1. The Morgan fingerprint density at radius 3 is 2.58 bits per heavy atom. The molecule has 11 nitrogen and oxygen atoms in total. The Morgan fingerprint density at radius 2 is 1.85 bits per heavy atom. The van der Waals surface area contributed by atoms with E-state index < -0.39 is 23.3 Å². The maximum atomic E-state index is 17.1. The number of piperidine rings is 2. The van der Waals surface area contributed by atoms with E-state index in [1.807, 2.05) is 42.2 Å². The number of carbonyl (C=O) groups is 1. The summed E-state index contributed by atoms with van der Waals surface area (Å²) in [5.41, 5.74) is 0.645. The first-order valence-corrected chi connectivity index (χ1v) is 18.0. The number of nitrogens with zero attached hydrogens (tertiary/aromatic N) is 5. The molecule has 1 atom stereocenters. The number of fused-ring (bicyclic) bond motifs is 2. The van der Waals surface area contributed by atoms with Gasteiger partial charge in [0, 0.05) is 57.9 Å². The number of carbonyl (C=O) groups excluding carboxylic acids is 1. The number of aryl methyl sites for hydroxylation is 1. The van der Waals surface area contributed by atoms with Gasteiger partial charge in [-0.3, -0.25) is 4.98 Å². The van der Waals surface area contributed by atoms with Crippen LogP contribution in [0.4, 0.5) is 19.4 Å². The molecule has 3 aromatic carbocycles. The normalized spacial score (nSPS) is 18.1. The van der Waals surface area contributed by atoms with E-state index in [9.17, 15) is 9.90 Å². The fourth-order valence-corrected chi connectivity index (χ4v) is 7.25. The summed E-state index contributed by atoms with van der Waals surface area (Å²) in [4.78, 5) is 30.3.